The van der Waals surface area contributed by atoms with Crippen LogP contribution < -0.4 is 21.7 Å². The fraction of sp³-hybridized carbons (Fsp3) is 0.556. The fourth-order valence-electron chi connectivity index (χ4n) is 2.05. The lowest BCUT2D eigenvalue weighted by Gasteiger charge is -2.21. The third-order valence-electron chi connectivity index (χ3n) is 3.17. The molecule has 0 saturated carbocycles. The van der Waals surface area contributed by atoms with Crippen molar-refractivity contribution in [3.8, 4) is 0 Å². The number of aliphatic hydroxyl groups excluding tert-OH is 2. The van der Waals surface area contributed by atoms with Crippen molar-refractivity contribution < 1.29 is 33.9 Å². The number of nitrogen functional groups attached to an aromatic ring is 1. The lowest BCUT2D eigenvalue weighted by atomic mass is 10.1. The molecule has 2 heterocycles. The number of rotatable bonds is 3. The van der Waals surface area contributed by atoms with Gasteiger partial charge in [-0.15, -0.1) is 0 Å². The first-order valence-corrected chi connectivity index (χ1v) is 7.53. The highest BCUT2D eigenvalue weighted by atomic mass is 31.2. The number of hydrogen-bond acceptors (Lipinski definition) is 7. The maximum Gasteiger partial charge on any atom is 0.499 e. The molecule has 11 nitrogen and oxygen atoms in total. The van der Waals surface area contributed by atoms with Crippen LogP contribution in [0.4, 0.5) is 5.82 Å². The number of H-pyrrole nitrogens is 1. The molecular formula is C9H16N4O7P+. The zero-order valence-electron chi connectivity index (χ0n) is 10.6. The molecule has 1 aromatic heterocycles. The normalized spacial score (nSPS) is 31.3. The van der Waals surface area contributed by atoms with E-state index in [-0.39, 0.29) is 5.82 Å². The van der Waals surface area contributed by atoms with Gasteiger partial charge >= 0.3 is 13.3 Å². The van der Waals surface area contributed by atoms with Crippen LogP contribution in [0.1, 0.15) is 6.23 Å². The van der Waals surface area contributed by atoms with Crippen LogP contribution in [0.15, 0.2) is 17.1 Å². The molecule has 9 N–H and O–H groups in total. The molecule has 1 fully saturated rings. The fourth-order valence-corrected chi connectivity index (χ4v) is 2.68. The van der Waals surface area contributed by atoms with Crippen molar-refractivity contribution >= 4 is 13.4 Å². The Bertz CT molecular complexity index is 631. The van der Waals surface area contributed by atoms with Gasteiger partial charge in [0, 0.05) is 6.07 Å². The molecule has 5 atom stereocenters. The Labute approximate surface area is 117 Å². The molecule has 1 saturated heterocycles. The van der Waals surface area contributed by atoms with Crippen LogP contribution in [0.2, 0.25) is 0 Å². The van der Waals surface area contributed by atoms with Gasteiger partial charge in [0.1, 0.15) is 30.3 Å². The standard InChI is InChI=1S/C9H15N4O7P/c10-3-1-2-13(9(16)12-3)8-5(15)4(14)6(20-8)7(11)21(17,18)19/h1-2,4-8,14-15H,11H2,(H4,10,12,16,17,18,19)/p+1/t4-,5+,6-,7-,8+/m0/s1. The topological polar surface area (TPSA) is 196 Å². The van der Waals surface area contributed by atoms with E-state index >= 15 is 0 Å². The zero-order chi connectivity index (χ0) is 15.9. The summed E-state index contributed by atoms with van der Waals surface area (Å²) in [5.41, 5.74) is 9.99. The van der Waals surface area contributed by atoms with Crippen LogP contribution in [0.25, 0.3) is 0 Å². The van der Waals surface area contributed by atoms with E-state index in [1.54, 1.807) is 0 Å². The van der Waals surface area contributed by atoms with Gasteiger partial charge in [-0.2, -0.15) is 14.3 Å². The molecule has 1 aliphatic rings. The molecule has 0 unspecified atom stereocenters. The highest BCUT2D eigenvalue weighted by molar-refractivity contribution is 7.52. The van der Waals surface area contributed by atoms with Crippen LogP contribution in [0, 0.1) is 0 Å². The van der Waals surface area contributed by atoms with E-state index in [4.69, 9.17) is 26.0 Å². The van der Waals surface area contributed by atoms with Crippen molar-refractivity contribution in [3.63, 3.8) is 0 Å². The Hall–Kier alpha value is -1.33. The molecule has 21 heavy (non-hydrogen) atoms. The molecule has 0 spiro atoms. The molecule has 0 amide bonds. The molecule has 1 aromatic rings. The minimum absolute atomic E-state index is 0.0766. The van der Waals surface area contributed by atoms with Gasteiger partial charge in [0.25, 0.3) is 0 Å². The van der Waals surface area contributed by atoms with Gasteiger partial charge in [-0.3, -0.25) is 4.57 Å². The number of nitrogens with one attached hydrogen (secondary N) is 1. The third-order valence-corrected chi connectivity index (χ3v) is 4.25. The third kappa shape index (κ3) is 2.99. The summed E-state index contributed by atoms with van der Waals surface area (Å²) in [6.07, 6.45) is -4.94. The highest BCUT2D eigenvalue weighted by Crippen LogP contribution is 2.44. The maximum atomic E-state index is 11.7. The maximum absolute atomic E-state index is 11.7. The molecular weight excluding hydrogens is 307 g/mol. The molecule has 0 bridgehead atoms. The van der Waals surface area contributed by atoms with Gasteiger partial charge < -0.3 is 36.2 Å². The van der Waals surface area contributed by atoms with Gasteiger partial charge in [0.2, 0.25) is 6.23 Å². The quantitative estimate of drug-likeness (QED) is 0.216. The van der Waals surface area contributed by atoms with Crippen molar-refractivity contribution in [3.05, 3.63) is 22.7 Å². The summed E-state index contributed by atoms with van der Waals surface area (Å²) in [6.45, 7) is 0. The van der Waals surface area contributed by atoms with E-state index in [2.05, 4.69) is 4.98 Å². The number of aromatic nitrogens is 2. The zero-order valence-corrected chi connectivity index (χ0v) is 11.5. The Balaban J connectivity index is 2.32. The SMILES string of the molecule is Nc1cc[n+]([C@@H]2O[C@H]([C@@H](N)P(=O)(O)O)[C@@H](O)[C@H]2O)c(=O)[nH]1. The Morgan fingerprint density at radius 2 is 2.00 bits per heavy atom. The highest BCUT2D eigenvalue weighted by Gasteiger charge is 2.52. The van der Waals surface area contributed by atoms with E-state index in [9.17, 15) is 19.6 Å². The summed E-state index contributed by atoms with van der Waals surface area (Å²) in [6, 6.07) is 1.32. The average Bonchev–Trinajstić information content (AvgIpc) is 2.65. The Morgan fingerprint density at radius 3 is 2.52 bits per heavy atom. The van der Waals surface area contributed by atoms with Crippen molar-refractivity contribution in [2.75, 3.05) is 5.73 Å². The van der Waals surface area contributed by atoms with Crippen LogP contribution in [-0.4, -0.2) is 49.1 Å². The van der Waals surface area contributed by atoms with E-state index in [1.165, 1.54) is 12.3 Å². The summed E-state index contributed by atoms with van der Waals surface area (Å²) in [5, 5.41) is 19.7. The van der Waals surface area contributed by atoms with Gasteiger partial charge in [-0.05, 0) is 0 Å². The lowest BCUT2D eigenvalue weighted by Crippen LogP contribution is -2.58. The number of ether oxygens (including phenoxy) is 1. The lowest BCUT2D eigenvalue weighted by molar-refractivity contribution is -0.779. The Morgan fingerprint density at radius 1 is 1.38 bits per heavy atom. The number of aromatic amines is 1. The van der Waals surface area contributed by atoms with E-state index in [1.807, 2.05) is 0 Å². The monoisotopic (exact) mass is 323 g/mol. The van der Waals surface area contributed by atoms with Crippen molar-refractivity contribution in [2.45, 2.75) is 30.3 Å². The van der Waals surface area contributed by atoms with Gasteiger partial charge in [-0.25, -0.2) is 0 Å². The molecule has 0 aromatic carbocycles. The number of anilines is 1. The van der Waals surface area contributed by atoms with E-state index < -0.39 is 43.6 Å². The van der Waals surface area contributed by atoms with Gasteiger partial charge in [0.15, 0.2) is 5.82 Å². The van der Waals surface area contributed by atoms with Gasteiger partial charge in [-0.1, -0.05) is 0 Å². The molecule has 1 aliphatic heterocycles. The summed E-state index contributed by atoms with van der Waals surface area (Å²) < 4.78 is 17.2. The average molecular weight is 323 g/mol. The molecule has 0 aliphatic carbocycles. The van der Waals surface area contributed by atoms with Crippen LogP contribution in [0.5, 0.6) is 0 Å². The first-order chi connectivity index (χ1) is 9.62. The smallest absolute Gasteiger partial charge is 0.387 e. The number of nitrogens with zero attached hydrogens (tertiary/aromatic N) is 1. The van der Waals surface area contributed by atoms with Crippen LogP contribution in [0.3, 0.4) is 0 Å². The molecule has 12 heteroatoms. The van der Waals surface area contributed by atoms with Crippen molar-refractivity contribution in [1.29, 1.82) is 0 Å². The second-order valence-electron chi connectivity index (χ2n) is 4.66. The van der Waals surface area contributed by atoms with Crippen LogP contribution in [-0.2, 0) is 9.30 Å². The Kier molecular flexibility index (Phi) is 4.17. The minimum atomic E-state index is -4.74. The second kappa shape index (κ2) is 5.46. The second-order valence-corrected chi connectivity index (χ2v) is 6.44. The van der Waals surface area contributed by atoms with E-state index in [0.29, 0.717) is 0 Å². The molecule has 118 valence electrons. The summed E-state index contributed by atoms with van der Waals surface area (Å²) >= 11 is 0. The van der Waals surface area contributed by atoms with Crippen molar-refractivity contribution in [1.82, 2.24) is 4.98 Å². The minimum Gasteiger partial charge on any atom is -0.387 e. The predicted molar refractivity (Wildman–Crippen MR) is 67.6 cm³/mol. The number of aliphatic hydroxyl groups is 2. The molecule has 2 rings (SSSR count). The number of nitrogens with two attached hydrogens (primary N) is 2. The number of hydrogen-bond donors (Lipinski definition) is 7. The summed E-state index contributed by atoms with van der Waals surface area (Å²) in [4.78, 5) is 32.0. The first-order valence-electron chi connectivity index (χ1n) is 5.85. The molecule has 0 radical (unpaired) electrons. The summed E-state index contributed by atoms with van der Waals surface area (Å²) in [7, 11) is -4.74. The van der Waals surface area contributed by atoms with Gasteiger partial charge in [0.05, 0.1) is 0 Å². The van der Waals surface area contributed by atoms with E-state index in [0.717, 1.165) is 4.57 Å². The largest absolute Gasteiger partial charge is 0.499 e. The van der Waals surface area contributed by atoms with Crippen LogP contribution >= 0.6 is 7.60 Å². The summed E-state index contributed by atoms with van der Waals surface area (Å²) in [5.74, 6) is -1.76. The first kappa shape index (κ1) is 16.0. The predicted octanol–water partition coefficient (Wildman–Crippen LogP) is -3.67. The van der Waals surface area contributed by atoms with Crippen molar-refractivity contribution in [2.24, 2.45) is 5.73 Å².